The van der Waals surface area contributed by atoms with Crippen molar-refractivity contribution in [1.82, 2.24) is 0 Å². The van der Waals surface area contributed by atoms with E-state index in [4.69, 9.17) is 0 Å². The van der Waals surface area contributed by atoms with E-state index < -0.39 is 0 Å². The van der Waals surface area contributed by atoms with Gasteiger partial charge in [-0.25, -0.2) is 0 Å². The minimum Gasteiger partial charge on any atom is -0.0619 e. The molecule has 290 valence electrons. The molecule has 8 aromatic rings. The van der Waals surface area contributed by atoms with Crippen LogP contribution in [0.15, 0.2) is 158 Å². The smallest absolute Gasteiger partial charge is 0.0159 e. The van der Waals surface area contributed by atoms with Crippen LogP contribution < -0.4 is 0 Å². The highest BCUT2D eigenvalue weighted by Gasteiger charge is 2.40. The van der Waals surface area contributed by atoms with Crippen molar-refractivity contribution in [3.63, 3.8) is 0 Å². The Hall–Kier alpha value is -6.24. The highest BCUT2D eigenvalue weighted by atomic mass is 14.4. The van der Waals surface area contributed by atoms with Crippen LogP contribution in [-0.2, 0) is 21.7 Å². The molecule has 60 heavy (non-hydrogen) atoms. The third kappa shape index (κ3) is 4.63. The number of hydrogen-bond acceptors (Lipinski definition) is 0. The van der Waals surface area contributed by atoms with Crippen molar-refractivity contribution < 1.29 is 0 Å². The molecule has 0 fully saturated rings. The molecular formula is C60H50. The van der Waals surface area contributed by atoms with E-state index in [2.05, 4.69) is 213 Å². The molecule has 0 bridgehead atoms. The van der Waals surface area contributed by atoms with Crippen LogP contribution in [0.5, 0.6) is 0 Å². The molecule has 0 heteroatoms. The van der Waals surface area contributed by atoms with Gasteiger partial charge in [-0.05, 0) is 159 Å². The number of rotatable bonds is 3. The van der Waals surface area contributed by atoms with Crippen LogP contribution in [0.4, 0.5) is 0 Å². The first-order valence-electron chi connectivity index (χ1n) is 21.8. The maximum Gasteiger partial charge on any atom is 0.0159 e. The standard InChI is InChI=1S/C60H50/c1-57(2)49-15-11-9-13-41(49)43-23-17-35(29-51(43)57)37-19-25-45-47-27-21-39(33-55(47)59(5,6)53(45)31-37)40-22-28-48-46-26-20-38(32-54(46)60(7,8)56(48)34-40)36-18-24-44-42-14-10-12-16-50(42)58(3,4)52(44)30-36/h9-34H,1-8H3. The molecular weight excluding hydrogens is 721 g/mol. The lowest BCUT2D eigenvalue weighted by Crippen LogP contribution is -2.16. The van der Waals surface area contributed by atoms with E-state index in [1.807, 2.05) is 0 Å². The molecule has 4 aliphatic carbocycles. The molecule has 0 saturated heterocycles. The van der Waals surface area contributed by atoms with Gasteiger partial charge in [-0.2, -0.15) is 0 Å². The quantitative estimate of drug-likeness (QED) is 0.168. The van der Waals surface area contributed by atoms with Crippen LogP contribution in [0.1, 0.15) is 99.9 Å². The van der Waals surface area contributed by atoms with Crippen LogP contribution in [0.3, 0.4) is 0 Å². The summed E-state index contributed by atoms with van der Waals surface area (Å²) >= 11 is 0. The SMILES string of the molecule is CC1(C)c2ccccc2-c2ccc(-c3ccc4c(c3)C(C)(C)c3cc(-c5ccc6c(c5)C(C)(C)c5cc(-c7ccc8c(c7)C(C)(C)c7ccccc7-8)ccc5-6)ccc3-4)cc21. The Balaban J connectivity index is 0.862. The Bertz CT molecular complexity index is 2980. The molecule has 4 aliphatic rings. The molecule has 0 atom stereocenters. The van der Waals surface area contributed by atoms with Crippen LogP contribution in [0.2, 0.25) is 0 Å². The minimum atomic E-state index is -0.124. The van der Waals surface area contributed by atoms with Crippen molar-refractivity contribution >= 4 is 0 Å². The van der Waals surface area contributed by atoms with Crippen molar-refractivity contribution in [2.75, 3.05) is 0 Å². The van der Waals surface area contributed by atoms with E-state index in [0.29, 0.717) is 0 Å². The maximum absolute atomic E-state index is 2.48. The highest BCUT2D eigenvalue weighted by Crippen LogP contribution is 2.55. The molecule has 0 saturated carbocycles. The summed E-state index contributed by atoms with van der Waals surface area (Å²) < 4.78 is 0. The summed E-state index contributed by atoms with van der Waals surface area (Å²) in [6, 6.07) is 60.8. The van der Waals surface area contributed by atoms with Crippen LogP contribution in [0.25, 0.3) is 77.9 Å². The topological polar surface area (TPSA) is 0 Å². The Kier molecular flexibility index (Phi) is 6.98. The van der Waals surface area contributed by atoms with Crippen LogP contribution >= 0.6 is 0 Å². The fourth-order valence-corrected chi connectivity index (χ4v) is 12.0. The third-order valence-electron chi connectivity index (χ3n) is 15.5. The lowest BCUT2D eigenvalue weighted by atomic mass is 9.79. The summed E-state index contributed by atoms with van der Waals surface area (Å²) in [4.78, 5) is 0. The van der Waals surface area contributed by atoms with Gasteiger partial charge in [0, 0.05) is 21.7 Å². The van der Waals surface area contributed by atoms with E-state index in [1.165, 1.54) is 122 Å². The molecule has 0 aliphatic heterocycles. The first-order chi connectivity index (χ1) is 28.7. The van der Waals surface area contributed by atoms with Gasteiger partial charge in [0.25, 0.3) is 0 Å². The van der Waals surface area contributed by atoms with Crippen molar-refractivity contribution in [2.24, 2.45) is 0 Å². The average molecular weight is 771 g/mol. The first-order valence-corrected chi connectivity index (χ1v) is 21.8. The number of hydrogen-bond donors (Lipinski definition) is 0. The predicted octanol–water partition coefficient (Wildman–Crippen LogP) is 15.9. The molecule has 0 amide bonds. The monoisotopic (exact) mass is 770 g/mol. The second-order valence-electron chi connectivity index (χ2n) is 20.2. The number of fused-ring (bicyclic) bond motifs is 12. The summed E-state index contributed by atoms with van der Waals surface area (Å²) in [5.74, 6) is 0. The zero-order valence-corrected chi connectivity index (χ0v) is 36.0. The Morgan fingerprint density at radius 2 is 0.383 bits per heavy atom. The summed E-state index contributed by atoms with van der Waals surface area (Å²) in [6.07, 6.45) is 0. The van der Waals surface area contributed by atoms with Gasteiger partial charge in [-0.1, -0.05) is 177 Å². The van der Waals surface area contributed by atoms with Crippen molar-refractivity contribution in [3.05, 3.63) is 202 Å². The van der Waals surface area contributed by atoms with Gasteiger partial charge in [0.2, 0.25) is 0 Å². The molecule has 0 unspecified atom stereocenters. The zero-order chi connectivity index (χ0) is 41.1. The van der Waals surface area contributed by atoms with E-state index >= 15 is 0 Å². The predicted molar refractivity (Wildman–Crippen MR) is 253 cm³/mol. The summed E-state index contributed by atoms with van der Waals surface area (Å²) in [5, 5.41) is 0. The second kappa shape index (κ2) is 11.7. The zero-order valence-electron chi connectivity index (χ0n) is 36.0. The number of benzene rings is 8. The normalized spacial score (nSPS) is 16.9. The summed E-state index contributed by atoms with van der Waals surface area (Å²) in [5.41, 5.74) is 29.7. The van der Waals surface area contributed by atoms with Gasteiger partial charge >= 0.3 is 0 Å². The third-order valence-corrected chi connectivity index (χ3v) is 15.5. The molecule has 0 aromatic heterocycles. The van der Waals surface area contributed by atoms with Gasteiger partial charge < -0.3 is 0 Å². The summed E-state index contributed by atoms with van der Waals surface area (Å²) in [7, 11) is 0. The minimum absolute atomic E-state index is 0.0167. The fraction of sp³-hybridized carbons (Fsp3) is 0.200. The van der Waals surface area contributed by atoms with Gasteiger partial charge in [-0.15, -0.1) is 0 Å². The molecule has 0 heterocycles. The lowest BCUT2D eigenvalue weighted by molar-refractivity contribution is 0.659. The van der Waals surface area contributed by atoms with Gasteiger partial charge in [0.1, 0.15) is 0 Å². The van der Waals surface area contributed by atoms with E-state index in [-0.39, 0.29) is 21.7 Å². The van der Waals surface area contributed by atoms with E-state index in [9.17, 15) is 0 Å². The molecule has 0 spiro atoms. The van der Waals surface area contributed by atoms with Gasteiger partial charge in [-0.3, -0.25) is 0 Å². The maximum atomic E-state index is 2.48. The largest absolute Gasteiger partial charge is 0.0619 e. The van der Waals surface area contributed by atoms with E-state index in [1.54, 1.807) is 0 Å². The Labute approximate surface area is 355 Å². The summed E-state index contributed by atoms with van der Waals surface area (Å²) in [6.45, 7) is 19.1. The fourth-order valence-electron chi connectivity index (χ4n) is 12.0. The molecule has 0 radical (unpaired) electrons. The highest BCUT2D eigenvalue weighted by molar-refractivity contribution is 5.90. The van der Waals surface area contributed by atoms with E-state index in [0.717, 1.165) is 0 Å². The Morgan fingerprint density at radius 1 is 0.200 bits per heavy atom. The second-order valence-corrected chi connectivity index (χ2v) is 20.2. The lowest BCUT2D eigenvalue weighted by Gasteiger charge is -2.24. The van der Waals surface area contributed by atoms with Crippen LogP contribution in [-0.4, -0.2) is 0 Å². The molecule has 0 N–H and O–H groups in total. The van der Waals surface area contributed by atoms with Gasteiger partial charge in [0.15, 0.2) is 0 Å². The van der Waals surface area contributed by atoms with Crippen molar-refractivity contribution in [3.8, 4) is 77.9 Å². The van der Waals surface area contributed by atoms with Crippen LogP contribution in [0, 0.1) is 0 Å². The molecule has 8 aromatic carbocycles. The average Bonchev–Trinajstić information content (AvgIpc) is 3.83. The Morgan fingerprint density at radius 3 is 0.617 bits per heavy atom. The molecule has 0 nitrogen and oxygen atoms in total. The van der Waals surface area contributed by atoms with Gasteiger partial charge in [0.05, 0.1) is 0 Å². The van der Waals surface area contributed by atoms with Crippen molar-refractivity contribution in [1.29, 1.82) is 0 Å². The first kappa shape index (κ1) is 35.7. The molecule has 12 rings (SSSR count). The van der Waals surface area contributed by atoms with Crippen molar-refractivity contribution in [2.45, 2.75) is 77.0 Å².